The van der Waals surface area contributed by atoms with Crippen LogP contribution in [0.4, 0.5) is 0 Å². The number of aryl methyl sites for hydroxylation is 1. The maximum absolute atomic E-state index is 5.54. The van der Waals surface area contributed by atoms with Gasteiger partial charge < -0.3 is 10.1 Å². The third-order valence-corrected chi connectivity index (χ3v) is 5.11. The van der Waals surface area contributed by atoms with Crippen molar-refractivity contribution < 1.29 is 4.74 Å². The van der Waals surface area contributed by atoms with Crippen LogP contribution in [-0.4, -0.2) is 25.8 Å². The monoisotopic (exact) mass is 273 g/mol. The number of hydrogen-bond donors (Lipinski definition) is 1. The highest BCUT2D eigenvalue weighted by Crippen LogP contribution is 2.33. The molecule has 20 heavy (non-hydrogen) atoms. The molecule has 0 radical (unpaired) electrons. The Hall–Kier alpha value is -0.860. The molecule has 2 aliphatic rings. The molecule has 2 unspecified atom stereocenters. The highest BCUT2D eigenvalue weighted by molar-refractivity contribution is 5.30. The van der Waals surface area contributed by atoms with Crippen LogP contribution >= 0.6 is 0 Å². The molecule has 0 amide bonds. The van der Waals surface area contributed by atoms with Gasteiger partial charge in [-0.3, -0.25) is 0 Å². The van der Waals surface area contributed by atoms with Crippen LogP contribution in [0.25, 0.3) is 0 Å². The summed E-state index contributed by atoms with van der Waals surface area (Å²) in [6.07, 6.45) is 6.31. The first kappa shape index (κ1) is 14.1. The third-order valence-electron chi connectivity index (χ3n) is 5.11. The predicted octanol–water partition coefficient (Wildman–Crippen LogP) is 3.20. The molecule has 0 saturated carbocycles. The van der Waals surface area contributed by atoms with Gasteiger partial charge in [0.2, 0.25) is 0 Å². The van der Waals surface area contributed by atoms with Crippen molar-refractivity contribution >= 4 is 0 Å². The molecule has 2 atom stereocenters. The lowest BCUT2D eigenvalue weighted by Crippen LogP contribution is -2.46. The molecule has 2 nitrogen and oxygen atoms in total. The highest BCUT2D eigenvalue weighted by Gasteiger charge is 2.32. The molecule has 1 aliphatic heterocycles. The summed E-state index contributed by atoms with van der Waals surface area (Å²) in [4.78, 5) is 0. The summed E-state index contributed by atoms with van der Waals surface area (Å²) in [6, 6.07) is 9.69. The SMILES string of the molecule is CCNC(C1CCOCC1)C1CCc2ccccc2C1. The fourth-order valence-corrected chi connectivity index (χ4v) is 4.06. The molecule has 3 rings (SSSR count). The summed E-state index contributed by atoms with van der Waals surface area (Å²) >= 11 is 0. The van der Waals surface area contributed by atoms with Gasteiger partial charge in [-0.1, -0.05) is 31.2 Å². The van der Waals surface area contributed by atoms with Crippen molar-refractivity contribution in [2.45, 2.75) is 45.1 Å². The van der Waals surface area contributed by atoms with E-state index in [-0.39, 0.29) is 0 Å². The summed E-state index contributed by atoms with van der Waals surface area (Å²) in [5.41, 5.74) is 3.16. The van der Waals surface area contributed by atoms with E-state index in [1.165, 1.54) is 32.1 Å². The number of rotatable bonds is 4. The second-order valence-corrected chi connectivity index (χ2v) is 6.30. The molecule has 1 fully saturated rings. The number of fused-ring (bicyclic) bond motifs is 1. The lowest BCUT2D eigenvalue weighted by molar-refractivity contribution is 0.0433. The van der Waals surface area contributed by atoms with E-state index in [9.17, 15) is 0 Å². The molecule has 1 aliphatic carbocycles. The number of nitrogens with one attached hydrogen (secondary N) is 1. The average Bonchev–Trinajstić information content (AvgIpc) is 2.53. The zero-order valence-electron chi connectivity index (χ0n) is 12.6. The van der Waals surface area contributed by atoms with Gasteiger partial charge in [0.15, 0.2) is 0 Å². The van der Waals surface area contributed by atoms with Gasteiger partial charge in [-0.15, -0.1) is 0 Å². The molecule has 2 heteroatoms. The topological polar surface area (TPSA) is 21.3 Å². The van der Waals surface area contributed by atoms with Gasteiger partial charge in [-0.25, -0.2) is 0 Å². The van der Waals surface area contributed by atoms with Gasteiger partial charge in [-0.2, -0.15) is 0 Å². The summed E-state index contributed by atoms with van der Waals surface area (Å²) in [6.45, 7) is 5.23. The second-order valence-electron chi connectivity index (χ2n) is 6.30. The largest absolute Gasteiger partial charge is 0.381 e. The van der Waals surface area contributed by atoms with Crippen molar-refractivity contribution in [1.82, 2.24) is 5.32 Å². The molecule has 0 bridgehead atoms. The van der Waals surface area contributed by atoms with Crippen molar-refractivity contribution in [2.75, 3.05) is 19.8 Å². The highest BCUT2D eigenvalue weighted by atomic mass is 16.5. The molecule has 1 heterocycles. The smallest absolute Gasteiger partial charge is 0.0469 e. The van der Waals surface area contributed by atoms with Gasteiger partial charge in [0.1, 0.15) is 0 Å². The molecule has 110 valence electrons. The van der Waals surface area contributed by atoms with Gasteiger partial charge >= 0.3 is 0 Å². The Bertz CT molecular complexity index is 425. The van der Waals surface area contributed by atoms with Crippen molar-refractivity contribution in [2.24, 2.45) is 11.8 Å². The standard InChI is InChI=1S/C18H27NO/c1-2-19-18(15-9-11-20-12-10-15)17-8-7-14-5-3-4-6-16(14)13-17/h3-6,15,17-19H,2,7-13H2,1H3. The van der Waals surface area contributed by atoms with Crippen LogP contribution in [-0.2, 0) is 17.6 Å². The van der Waals surface area contributed by atoms with Crippen LogP contribution < -0.4 is 5.32 Å². The fraction of sp³-hybridized carbons (Fsp3) is 0.667. The van der Waals surface area contributed by atoms with E-state index in [1.807, 2.05) is 0 Å². The van der Waals surface area contributed by atoms with Crippen LogP contribution in [0.1, 0.15) is 37.3 Å². The second kappa shape index (κ2) is 6.73. The van der Waals surface area contributed by atoms with E-state index in [0.29, 0.717) is 6.04 Å². The minimum Gasteiger partial charge on any atom is -0.381 e. The quantitative estimate of drug-likeness (QED) is 0.909. The summed E-state index contributed by atoms with van der Waals surface area (Å²) in [5, 5.41) is 3.80. The Kier molecular flexibility index (Phi) is 4.74. The van der Waals surface area contributed by atoms with Crippen molar-refractivity contribution in [3.8, 4) is 0 Å². The van der Waals surface area contributed by atoms with Gasteiger partial charge in [0, 0.05) is 19.3 Å². The molecule has 1 aromatic rings. The minimum atomic E-state index is 0.678. The molecular formula is C18H27NO. The van der Waals surface area contributed by atoms with E-state index in [1.54, 1.807) is 11.1 Å². The van der Waals surface area contributed by atoms with Crippen molar-refractivity contribution in [1.29, 1.82) is 0 Å². The molecule has 1 saturated heterocycles. The number of hydrogen-bond acceptors (Lipinski definition) is 2. The number of benzene rings is 1. The van der Waals surface area contributed by atoms with E-state index in [4.69, 9.17) is 4.74 Å². The summed E-state index contributed by atoms with van der Waals surface area (Å²) in [7, 11) is 0. The van der Waals surface area contributed by atoms with E-state index in [2.05, 4.69) is 36.5 Å². The predicted molar refractivity (Wildman–Crippen MR) is 83.0 cm³/mol. The normalized spacial score (nSPS) is 25.1. The molecule has 1 N–H and O–H groups in total. The Morgan fingerprint density at radius 2 is 1.85 bits per heavy atom. The molecule has 0 spiro atoms. The minimum absolute atomic E-state index is 0.678. The first-order valence-electron chi connectivity index (χ1n) is 8.26. The van der Waals surface area contributed by atoms with Crippen LogP contribution in [0.15, 0.2) is 24.3 Å². The average molecular weight is 273 g/mol. The maximum Gasteiger partial charge on any atom is 0.0469 e. The molecule has 0 aromatic heterocycles. The van der Waals surface area contributed by atoms with Gasteiger partial charge in [0.05, 0.1) is 0 Å². The fourth-order valence-electron chi connectivity index (χ4n) is 4.06. The lowest BCUT2D eigenvalue weighted by Gasteiger charge is -2.38. The first-order chi connectivity index (χ1) is 9.88. The van der Waals surface area contributed by atoms with Crippen molar-refractivity contribution in [3.05, 3.63) is 35.4 Å². The van der Waals surface area contributed by atoms with Gasteiger partial charge in [0.25, 0.3) is 0 Å². The van der Waals surface area contributed by atoms with E-state index in [0.717, 1.165) is 31.6 Å². The zero-order valence-corrected chi connectivity index (χ0v) is 12.6. The van der Waals surface area contributed by atoms with E-state index < -0.39 is 0 Å². The molecular weight excluding hydrogens is 246 g/mol. The van der Waals surface area contributed by atoms with Crippen molar-refractivity contribution in [3.63, 3.8) is 0 Å². The Morgan fingerprint density at radius 3 is 2.60 bits per heavy atom. The number of ether oxygens (including phenoxy) is 1. The zero-order chi connectivity index (χ0) is 13.8. The van der Waals surface area contributed by atoms with Gasteiger partial charge in [-0.05, 0) is 61.6 Å². The first-order valence-corrected chi connectivity index (χ1v) is 8.26. The Labute approximate surface area is 122 Å². The summed E-state index contributed by atoms with van der Waals surface area (Å²) < 4.78 is 5.54. The lowest BCUT2D eigenvalue weighted by atomic mass is 9.74. The van der Waals surface area contributed by atoms with Crippen LogP contribution in [0.3, 0.4) is 0 Å². The Morgan fingerprint density at radius 1 is 1.10 bits per heavy atom. The summed E-state index contributed by atoms with van der Waals surface area (Å²) in [5.74, 6) is 1.60. The van der Waals surface area contributed by atoms with E-state index >= 15 is 0 Å². The van der Waals surface area contributed by atoms with Crippen LogP contribution in [0.5, 0.6) is 0 Å². The van der Waals surface area contributed by atoms with Crippen LogP contribution in [0, 0.1) is 11.8 Å². The maximum atomic E-state index is 5.54. The Balaban J connectivity index is 1.72. The molecule has 1 aromatic carbocycles. The van der Waals surface area contributed by atoms with Crippen LogP contribution in [0.2, 0.25) is 0 Å². The third kappa shape index (κ3) is 3.07.